The molecule has 1 saturated carbocycles. The van der Waals surface area contributed by atoms with Crippen molar-refractivity contribution < 1.29 is 14.2 Å². The van der Waals surface area contributed by atoms with Gasteiger partial charge in [0.15, 0.2) is 11.5 Å². The second-order valence-electron chi connectivity index (χ2n) is 7.61. The van der Waals surface area contributed by atoms with Crippen molar-refractivity contribution in [3.8, 4) is 28.5 Å². The van der Waals surface area contributed by atoms with Crippen LogP contribution in [-0.2, 0) is 0 Å². The monoisotopic (exact) mass is 435 g/mol. The Morgan fingerprint density at radius 2 is 1.71 bits per heavy atom. The van der Waals surface area contributed by atoms with Gasteiger partial charge in [-0.05, 0) is 68.1 Å². The van der Waals surface area contributed by atoms with Crippen LogP contribution in [-0.4, -0.2) is 30.7 Å². The molecule has 160 valence electrons. The zero-order valence-corrected chi connectivity index (χ0v) is 18.4. The second kappa shape index (κ2) is 8.98. The summed E-state index contributed by atoms with van der Waals surface area (Å²) in [4.78, 5) is 5.72. The summed E-state index contributed by atoms with van der Waals surface area (Å²) in [6, 6.07) is 13.8. The van der Waals surface area contributed by atoms with Gasteiger partial charge in [0.2, 0.25) is 4.80 Å². The van der Waals surface area contributed by atoms with E-state index >= 15 is 0 Å². The van der Waals surface area contributed by atoms with Crippen LogP contribution in [0.5, 0.6) is 17.2 Å². The zero-order valence-electron chi connectivity index (χ0n) is 17.5. The van der Waals surface area contributed by atoms with Gasteiger partial charge in [-0.2, -0.15) is 5.10 Å². The van der Waals surface area contributed by atoms with Crippen molar-refractivity contribution in [2.75, 3.05) is 20.3 Å². The molecule has 2 aromatic carbocycles. The normalized spacial score (nSPS) is 16.3. The summed E-state index contributed by atoms with van der Waals surface area (Å²) in [5.74, 6) is 2.39. The van der Waals surface area contributed by atoms with E-state index in [4.69, 9.17) is 24.3 Å². The van der Waals surface area contributed by atoms with Crippen LogP contribution < -0.4 is 19.0 Å². The van der Waals surface area contributed by atoms with Crippen molar-refractivity contribution in [2.24, 2.45) is 10.1 Å². The smallest absolute Gasteiger partial charge is 0.211 e. The van der Waals surface area contributed by atoms with Crippen molar-refractivity contribution in [3.05, 3.63) is 52.6 Å². The molecule has 2 heterocycles. The fourth-order valence-corrected chi connectivity index (χ4v) is 4.69. The molecule has 0 unspecified atom stereocenters. The lowest BCUT2D eigenvalue weighted by molar-refractivity contribution is 0.171. The molecule has 2 aliphatic rings. The maximum atomic E-state index is 5.80. The minimum atomic E-state index is 0.570. The number of methoxy groups -OCH3 is 1. The first-order valence-electron chi connectivity index (χ1n) is 10.7. The van der Waals surface area contributed by atoms with Crippen molar-refractivity contribution in [3.63, 3.8) is 0 Å². The number of hydrogen-bond acceptors (Lipinski definition) is 6. The number of fused-ring (bicyclic) bond motifs is 1. The van der Waals surface area contributed by atoms with Crippen LogP contribution >= 0.6 is 11.3 Å². The fraction of sp³-hybridized carbons (Fsp3) is 0.333. The Bertz CT molecular complexity index is 1150. The molecule has 0 spiro atoms. The Balaban J connectivity index is 1.60. The maximum absolute atomic E-state index is 5.80. The van der Waals surface area contributed by atoms with E-state index in [0.29, 0.717) is 13.2 Å². The van der Waals surface area contributed by atoms with E-state index in [1.165, 1.54) is 25.0 Å². The molecule has 0 saturated heterocycles. The summed E-state index contributed by atoms with van der Waals surface area (Å²) in [5.41, 5.74) is 4.15. The number of rotatable bonds is 4. The highest BCUT2D eigenvalue weighted by Crippen LogP contribution is 2.35. The van der Waals surface area contributed by atoms with E-state index in [0.717, 1.165) is 51.8 Å². The quantitative estimate of drug-likeness (QED) is 0.552. The molecule has 0 amide bonds. The molecule has 3 aromatic rings. The van der Waals surface area contributed by atoms with Crippen LogP contribution in [0.2, 0.25) is 0 Å². The minimum absolute atomic E-state index is 0.570. The summed E-state index contributed by atoms with van der Waals surface area (Å²) >= 11 is 1.59. The van der Waals surface area contributed by atoms with Crippen LogP contribution in [0.25, 0.3) is 11.3 Å². The molecule has 7 heteroatoms. The highest BCUT2D eigenvalue weighted by Gasteiger charge is 2.16. The molecule has 1 aliphatic heterocycles. The van der Waals surface area contributed by atoms with Gasteiger partial charge in [-0.25, -0.2) is 9.67 Å². The molecule has 1 aromatic heterocycles. The SMILES string of the molecule is COc1ccc(N=c2scc(-c3ccc4c(c3)OCCO4)n2N=C2CCCCC2)cc1. The van der Waals surface area contributed by atoms with E-state index in [-0.39, 0.29) is 0 Å². The average molecular weight is 436 g/mol. The number of hydrogen-bond donors (Lipinski definition) is 0. The first-order chi connectivity index (χ1) is 15.3. The van der Waals surface area contributed by atoms with E-state index in [2.05, 4.69) is 11.4 Å². The molecule has 1 fully saturated rings. The lowest BCUT2D eigenvalue weighted by Gasteiger charge is -2.19. The highest BCUT2D eigenvalue weighted by atomic mass is 32.1. The third kappa shape index (κ3) is 4.37. The number of nitrogens with zero attached hydrogens (tertiary/aromatic N) is 3. The van der Waals surface area contributed by atoms with E-state index in [9.17, 15) is 0 Å². The third-order valence-electron chi connectivity index (χ3n) is 5.49. The van der Waals surface area contributed by atoms with Gasteiger partial charge in [0.1, 0.15) is 19.0 Å². The van der Waals surface area contributed by atoms with E-state index in [1.54, 1.807) is 18.4 Å². The van der Waals surface area contributed by atoms with Crippen molar-refractivity contribution in [1.82, 2.24) is 4.68 Å². The summed E-state index contributed by atoms with van der Waals surface area (Å²) in [7, 11) is 1.67. The average Bonchev–Trinajstić information content (AvgIpc) is 3.22. The summed E-state index contributed by atoms with van der Waals surface area (Å²) in [6.45, 7) is 1.16. The van der Waals surface area contributed by atoms with Crippen LogP contribution in [0.15, 0.2) is 57.9 Å². The number of aromatic nitrogens is 1. The fourth-order valence-electron chi connectivity index (χ4n) is 3.84. The van der Waals surface area contributed by atoms with E-state index < -0.39 is 0 Å². The van der Waals surface area contributed by atoms with Gasteiger partial charge in [0, 0.05) is 16.7 Å². The topological polar surface area (TPSA) is 57.3 Å². The molecule has 0 bridgehead atoms. The predicted octanol–water partition coefficient (Wildman–Crippen LogP) is 5.40. The van der Waals surface area contributed by atoms with Gasteiger partial charge < -0.3 is 14.2 Å². The van der Waals surface area contributed by atoms with Gasteiger partial charge in [-0.3, -0.25) is 0 Å². The van der Waals surface area contributed by atoms with Crippen molar-refractivity contribution in [2.45, 2.75) is 32.1 Å². The predicted molar refractivity (Wildman–Crippen MR) is 123 cm³/mol. The number of benzene rings is 2. The van der Waals surface area contributed by atoms with Gasteiger partial charge >= 0.3 is 0 Å². The van der Waals surface area contributed by atoms with Crippen LogP contribution in [0.4, 0.5) is 5.69 Å². The summed E-state index contributed by atoms with van der Waals surface area (Å²) in [5, 5.41) is 7.16. The molecule has 0 radical (unpaired) electrons. The standard InChI is InChI=1S/C24H25N3O3S/c1-28-20-10-8-18(9-11-20)25-24-27(26-19-5-3-2-4-6-19)21(16-31-24)17-7-12-22-23(15-17)30-14-13-29-22/h7-12,15-16H,2-6,13-14H2,1H3. The Hall–Kier alpha value is -3.06. The largest absolute Gasteiger partial charge is 0.497 e. The third-order valence-corrected chi connectivity index (χ3v) is 6.31. The molecule has 6 nitrogen and oxygen atoms in total. The van der Waals surface area contributed by atoms with E-state index in [1.807, 2.05) is 41.1 Å². The molecular formula is C24H25N3O3S. The zero-order chi connectivity index (χ0) is 21.0. The number of ether oxygens (including phenoxy) is 3. The van der Waals surface area contributed by atoms with Crippen LogP contribution in [0, 0.1) is 0 Å². The Morgan fingerprint density at radius 1 is 0.935 bits per heavy atom. The number of thiazole rings is 1. The Morgan fingerprint density at radius 3 is 2.48 bits per heavy atom. The molecule has 1 aliphatic carbocycles. The molecule has 5 rings (SSSR count). The minimum Gasteiger partial charge on any atom is -0.497 e. The van der Waals surface area contributed by atoms with Crippen LogP contribution in [0.1, 0.15) is 32.1 Å². The summed E-state index contributed by atoms with van der Waals surface area (Å²) in [6.07, 6.45) is 5.78. The van der Waals surface area contributed by atoms with Gasteiger partial charge in [-0.1, -0.05) is 6.42 Å². The Labute approximate surface area is 185 Å². The lowest BCUT2D eigenvalue weighted by Crippen LogP contribution is -2.16. The lowest BCUT2D eigenvalue weighted by atomic mass is 9.99. The molecule has 0 N–H and O–H groups in total. The first-order valence-corrected chi connectivity index (χ1v) is 11.5. The maximum Gasteiger partial charge on any atom is 0.211 e. The van der Waals surface area contributed by atoms with Gasteiger partial charge in [0.05, 0.1) is 18.5 Å². The van der Waals surface area contributed by atoms with Crippen molar-refractivity contribution in [1.29, 1.82) is 0 Å². The van der Waals surface area contributed by atoms with Crippen molar-refractivity contribution >= 4 is 22.7 Å². The molecular weight excluding hydrogens is 410 g/mol. The second-order valence-corrected chi connectivity index (χ2v) is 8.45. The van der Waals surface area contributed by atoms with Gasteiger partial charge in [0.25, 0.3) is 0 Å². The Kier molecular flexibility index (Phi) is 5.76. The summed E-state index contributed by atoms with van der Waals surface area (Å²) < 4.78 is 18.7. The highest BCUT2D eigenvalue weighted by molar-refractivity contribution is 7.07. The molecule has 31 heavy (non-hydrogen) atoms. The first kappa shape index (κ1) is 19.9. The van der Waals surface area contributed by atoms with Gasteiger partial charge in [-0.15, -0.1) is 11.3 Å². The van der Waals surface area contributed by atoms with Crippen LogP contribution in [0.3, 0.4) is 0 Å². The molecule has 0 atom stereocenters.